The number of carboxylic acids is 1. The topological polar surface area (TPSA) is 188 Å². The first-order valence-electron chi connectivity index (χ1n) is 17.4. The van der Waals surface area contributed by atoms with Gasteiger partial charge in [0.25, 0.3) is 11.8 Å². The van der Waals surface area contributed by atoms with E-state index in [1.54, 1.807) is 24.0 Å². The molecule has 5 rings (SSSR count). The maximum Gasteiger partial charge on any atom is 0.409 e. The second-order valence-electron chi connectivity index (χ2n) is 13.0. The standard InChI is InChI=1S/C35H46N6O9/c1-3-49-35(48)40-17-15-39(16-18-40)34(47)25(12-13-31(43)44)38-32(45)27-20-29(24-11-10-22(2)19-26(24)37-27)50-21-30(42)41-14-6-9-28(41)33(46)36-23-7-4-5-8-23/h10-11,19-20,23,25,28H,3-9,12-18,21H2,1-2H3,(H,36,46)(H,38,45)(H,43,44). The second-order valence-corrected chi connectivity index (χ2v) is 13.0. The molecule has 50 heavy (non-hydrogen) atoms. The fourth-order valence-corrected chi connectivity index (χ4v) is 6.77. The van der Waals surface area contributed by atoms with Crippen molar-refractivity contribution in [2.24, 2.45) is 0 Å². The molecule has 3 heterocycles. The number of aromatic nitrogens is 1. The van der Waals surface area contributed by atoms with Crippen molar-refractivity contribution in [1.29, 1.82) is 0 Å². The highest BCUT2D eigenvalue weighted by Crippen LogP contribution is 2.28. The number of ether oxygens (including phenoxy) is 2. The summed E-state index contributed by atoms with van der Waals surface area (Å²) in [4.78, 5) is 86.2. The van der Waals surface area contributed by atoms with Gasteiger partial charge in [-0.15, -0.1) is 0 Å². The minimum Gasteiger partial charge on any atom is -0.483 e. The van der Waals surface area contributed by atoms with Gasteiger partial charge in [-0.3, -0.25) is 24.0 Å². The quantitative estimate of drug-likeness (QED) is 0.297. The number of fused-ring (bicyclic) bond motifs is 1. The van der Waals surface area contributed by atoms with E-state index in [0.717, 1.165) is 31.2 Å². The van der Waals surface area contributed by atoms with Gasteiger partial charge in [0.1, 0.15) is 23.5 Å². The molecule has 2 aliphatic heterocycles. The number of carbonyl (C=O) groups excluding carboxylic acids is 5. The van der Waals surface area contributed by atoms with Crippen LogP contribution in [0.15, 0.2) is 24.3 Å². The number of likely N-dealkylation sites (tertiary alicyclic amines) is 1. The Bertz CT molecular complexity index is 1600. The average Bonchev–Trinajstić information content (AvgIpc) is 3.81. The van der Waals surface area contributed by atoms with Gasteiger partial charge in [-0.1, -0.05) is 18.9 Å². The van der Waals surface area contributed by atoms with Gasteiger partial charge in [-0.2, -0.15) is 0 Å². The molecule has 3 fully saturated rings. The van der Waals surface area contributed by atoms with E-state index < -0.39 is 36.0 Å². The molecule has 1 aliphatic carbocycles. The molecule has 0 spiro atoms. The lowest BCUT2D eigenvalue weighted by Gasteiger charge is -2.35. The molecular formula is C35H46N6O9. The molecule has 0 radical (unpaired) electrons. The maximum absolute atomic E-state index is 13.7. The molecule has 15 heteroatoms. The Morgan fingerprint density at radius 3 is 2.38 bits per heavy atom. The number of rotatable bonds is 12. The highest BCUT2D eigenvalue weighted by atomic mass is 16.6. The zero-order chi connectivity index (χ0) is 35.8. The van der Waals surface area contributed by atoms with E-state index in [2.05, 4.69) is 15.6 Å². The first-order chi connectivity index (χ1) is 24.0. The van der Waals surface area contributed by atoms with E-state index in [9.17, 15) is 33.9 Å². The number of amides is 5. The van der Waals surface area contributed by atoms with Crippen molar-refractivity contribution in [2.75, 3.05) is 45.9 Å². The predicted octanol–water partition coefficient (Wildman–Crippen LogP) is 2.24. The molecule has 2 aromatic rings. The van der Waals surface area contributed by atoms with E-state index in [1.807, 2.05) is 13.0 Å². The number of hydrogen-bond acceptors (Lipinski definition) is 9. The minimum atomic E-state index is -1.17. The van der Waals surface area contributed by atoms with Crippen molar-refractivity contribution in [3.8, 4) is 5.75 Å². The van der Waals surface area contributed by atoms with Crippen LogP contribution in [0, 0.1) is 6.92 Å². The number of piperazine rings is 1. The van der Waals surface area contributed by atoms with E-state index in [0.29, 0.717) is 30.3 Å². The Morgan fingerprint density at radius 1 is 0.960 bits per heavy atom. The fraction of sp³-hybridized carbons (Fsp3) is 0.571. The van der Waals surface area contributed by atoms with Crippen LogP contribution in [-0.4, -0.2) is 125 Å². The zero-order valence-corrected chi connectivity index (χ0v) is 28.7. The third-order valence-electron chi connectivity index (χ3n) is 9.46. The predicted molar refractivity (Wildman–Crippen MR) is 180 cm³/mol. The number of benzene rings is 1. The molecule has 1 saturated carbocycles. The molecule has 1 aromatic carbocycles. The Balaban J connectivity index is 1.29. The summed E-state index contributed by atoms with van der Waals surface area (Å²) in [6.07, 6.45) is 4.35. The van der Waals surface area contributed by atoms with Gasteiger partial charge >= 0.3 is 12.1 Å². The van der Waals surface area contributed by atoms with Gasteiger partial charge in [0.05, 0.1) is 12.1 Å². The Kier molecular flexibility index (Phi) is 12.1. The van der Waals surface area contributed by atoms with E-state index in [1.165, 1.54) is 15.9 Å². The van der Waals surface area contributed by atoms with Crippen LogP contribution in [-0.2, 0) is 23.9 Å². The molecule has 0 bridgehead atoms. The van der Waals surface area contributed by atoms with E-state index >= 15 is 0 Å². The van der Waals surface area contributed by atoms with Crippen LogP contribution < -0.4 is 15.4 Å². The van der Waals surface area contributed by atoms with Crippen LogP contribution >= 0.6 is 0 Å². The van der Waals surface area contributed by atoms with Gasteiger partial charge in [-0.25, -0.2) is 9.78 Å². The van der Waals surface area contributed by atoms with Gasteiger partial charge < -0.3 is 39.9 Å². The molecule has 2 unspecified atom stereocenters. The van der Waals surface area contributed by atoms with Crippen LogP contribution in [0.5, 0.6) is 5.75 Å². The van der Waals surface area contributed by atoms with Crippen LogP contribution in [0.25, 0.3) is 10.9 Å². The lowest BCUT2D eigenvalue weighted by Crippen LogP contribution is -2.56. The second kappa shape index (κ2) is 16.6. The van der Waals surface area contributed by atoms with Crippen molar-refractivity contribution in [3.05, 3.63) is 35.5 Å². The monoisotopic (exact) mass is 694 g/mol. The van der Waals surface area contributed by atoms with E-state index in [4.69, 9.17) is 9.47 Å². The molecule has 2 saturated heterocycles. The van der Waals surface area contributed by atoms with Gasteiger partial charge in [0.2, 0.25) is 11.8 Å². The minimum absolute atomic E-state index is 0.0826. The van der Waals surface area contributed by atoms with Gasteiger partial charge in [0, 0.05) is 56.6 Å². The van der Waals surface area contributed by atoms with Crippen molar-refractivity contribution in [1.82, 2.24) is 30.3 Å². The molecule has 3 N–H and O–H groups in total. The largest absolute Gasteiger partial charge is 0.483 e. The van der Waals surface area contributed by atoms with Crippen molar-refractivity contribution < 1.29 is 43.3 Å². The lowest BCUT2D eigenvalue weighted by molar-refractivity contribution is -0.140. The first-order valence-corrected chi connectivity index (χ1v) is 17.4. The number of hydrogen-bond donors (Lipinski definition) is 3. The zero-order valence-electron chi connectivity index (χ0n) is 28.7. The van der Waals surface area contributed by atoms with Crippen LogP contribution in [0.4, 0.5) is 4.79 Å². The first kappa shape index (κ1) is 36.3. The normalized spacial score (nSPS) is 18.5. The smallest absolute Gasteiger partial charge is 0.409 e. The van der Waals surface area contributed by atoms with Crippen LogP contribution in [0.2, 0.25) is 0 Å². The SMILES string of the molecule is CCOC(=O)N1CCN(C(=O)C(CCC(=O)O)NC(=O)c2cc(OCC(=O)N3CCCC3C(=O)NC3CCCC3)c3ccc(C)cc3n2)CC1. The molecule has 2 atom stereocenters. The highest BCUT2D eigenvalue weighted by molar-refractivity contribution is 5.99. The summed E-state index contributed by atoms with van der Waals surface area (Å²) in [5, 5.41) is 15.7. The number of carbonyl (C=O) groups is 6. The molecule has 5 amide bonds. The summed E-state index contributed by atoms with van der Waals surface area (Å²) in [5.74, 6) is -2.58. The Morgan fingerprint density at radius 2 is 1.68 bits per heavy atom. The molecule has 270 valence electrons. The Labute approximate surface area is 290 Å². The van der Waals surface area contributed by atoms with Gasteiger partial charge in [0.15, 0.2) is 6.61 Å². The average molecular weight is 695 g/mol. The summed E-state index contributed by atoms with van der Waals surface area (Å²) >= 11 is 0. The summed E-state index contributed by atoms with van der Waals surface area (Å²) in [6, 6.07) is 5.21. The fourth-order valence-electron chi connectivity index (χ4n) is 6.77. The third kappa shape index (κ3) is 8.98. The van der Waals surface area contributed by atoms with Crippen molar-refractivity contribution in [3.63, 3.8) is 0 Å². The third-order valence-corrected chi connectivity index (χ3v) is 9.46. The van der Waals surface area contributed by atoms with Crippen LogP contribution in [0.1, 0.15) is 74.3 Å². The molecular weight excluding hydrogens is 648 g/mol. The summed E-state index contributed by atoms with van der Waals surface area (Å²) in [7, 11) is 0. The number of pyridine rings is 1. The summed E-state index contributed by atoms with van der Waals surface area (Å²) < 4.78 is 11.1. The molecule has 3 aliphatic rings. The summed E-state index contributed by atoms with van der Waals surface area (Å²) in [6.45, 7) is 4.73. The molecule has 1 aromatic heterocycles. The van der Waals surface area contributed by atoms with Crippen molar-refractivity contribution in [2.45, 2.75) is 83.3 Å². The summed E-state index contributed by atoms with van der Waals surface area (Å²) in [5.41, 5.74) is 1.22. The number of nitrogens with one attached hydrogen (secondary N) is 2. The van der Waals surface area contributed by atoms with E-state index in [-0.39, 0.29) is 81.5 Å². The van der Waals surface area contributed by atoms with Crippen LogP contribution in [0.3, 0.4) is 0 Å². The number of aliphatic carboxylic acids is 1. The van der Waals surface area contributed by atoms with Crippen molar-refractivity contribution >= 4 is 46.6 Å². The number of aryl methyl sites for hydroxylation is 1. The maximum atomic E-state index is 13.7. The molecule has 15 nitrogen and oxygen atoms in total. The van der Waals surface area contributed by atoms with Gasteiger partial charge in [-0.05, 0) is 63.6 Å². The number of nitrogens with zero attached hydrogens (tertiary/aromatic N) is 4. The number of carboxylic acid groups (broad SMARTS) is 1. The Hall–Kier alpha value is -4.95. The lowest BCUT2D eigenvalue weighted by atomic mass is 10.1. The highest BCUT2D eigenvalue weighted by Gasteiger charge is 2.36.